The van der Waals surface area contributed by atoms with Crippen molar-refractivity contribution in [2.45, 2.75) is 27.2 Å². The van der Waals surface area contributed by atoms with Crippen LogP contribution in [0.1, 0.15) is 27.2 Å². The van der Waals surface area contributed by atoms with Gasteiger partial charge in [-0.2, -0.15) is 5.06 Å². The number of hydrogen-bond acceptors (Lipinski definition) is 2. The van der Waals surface area contributed by atoms with Crippen LogP contribution in [0.4, 0.5) is 0 Å². The Morgan fingerprint density at radius 2 is 2.00 bits per heavy atom. The lowest BCUT2D eigenvalue weighted by Crippen LogP contribution is -2.23. The first-order valence-corrected chi connectivity index (χ1v) is 3.94. The van der Waals surface area contributed by atoms with Crippen LogP contribution in [0.15, 0.2) is 0 Å². The van der Waals surface area contributed by atoms with Crippen LogP contribution in [0, 0.1) is 11.3 Å². The fraction of sp³-hybridized carbons (Fsp3) is 1.00. The highest BCUT2D eigenvalue weighted by Gasteiger charge is 2.30. The van der Waals surface area contributed by atoms with E-state index in [1.807, 2.05) is 0 Å². The summed E-state index contributed by atoms with van der Waals surface area (Å²) < 4.78 is 0. The van der Waals surface area contributed by atoms with Gasteiger partial charge in [0.15, 0.2) is 0 Å². The van der Waals surface area contributed by atoms with Crippen LogP contribution >= 0.6 is 0 Å². The minimum Gasteiger partial charge on any atom is -0.314 e. The summed E-state index contributed by atoms with van der Waals surface area (Å²) in [5.74, 6) is 0.664. The highest BCUT2D eigenvalue weighted by molar-refractivity contribution is 4.80. The lowest BCUT2D eigenvalue weighted by Gasteiger charge is -2.25. The maximum atomic E-state index is 9.10. The molecular formula is C8H17NO. The molecule has 0 aromatic carbocycles. The average Bonchev–Trinajstić information content (AvgIpc) is 2.11. The third-order valence-electron chi connectivity index (χ3n) is 2.39. The summed E-state index contributed by atoms with van der Waals surface area (Å²) in [6, 6.07) is 0. The van der Waals surface area contributed by atoms with Gasteiger partial charge in [0.1, 0.15) is 0 Å². The van der Waals surface area contributed by atoms with Gasteiger partial charge in [-0.25, -0.2) is 0 Å². The lowest BCUT2D eigenvalue weighted by molar-refractivity contribution is -0.0748. The molecule has 1 saturated heterocycles. The van der Waals surface area contributed by atoms with Gasteiger partial charge in [-0.3, -0.25) is 0 Å². The van der Waals surface area contributed by atoms with Crippen molar-refractivity contribution in [2.75, 3.05) is 13.1 Å². The fourth-order valence-electron chi connectivity index (χ4n) is 1.45. The van der Waals surface area contributed by atoms with E-state index >= 15 is 0 Å². The summed E-state index contributed by atoms with van der Waals surface area (Å²) in [6.07, 6.45) is 1.14. The van der Waals surface area contributed by atoms with E-state index in [9.17, 15) is 0 Å². The zero-order valence-corrected chi connectivity index (χ0v) is 7.09. The van der Waals surface area contributed by atoms with Crippen LogP contribution < -0.4 is 0 Å². The number of hydroxylamine groups is 2. The first kappa shape index (κ1) is 8.02. The van der Waals surface area contributed by atoms with Gasteiger partial charge in [0.05, 0.1) is 0 Å². The van der Waals surface area contributed by atoms with E-state index < -0.39 is 0 Å². The Hall–Kier alpha value is -0.0800. The molecule has 1 fully saturated rings. The molecule has 1 rings (SSSR count). The Kier molecular flexibility index (Phi) is 2.02. The first-order chi connectivity index (χ1) is 4.50. The molecule has 0 saturated carbocycles. The van der Waals surface area contributed by atoms with Gasteiger partial charge in [-0.1, -0.05) is 20.8 Å². The van der Waals surface area contributed by atoms with Gasteiger partial charge < -0.3 is 5.21 Å². The van der Waals surface area contributed by atoms with Crippen LogP contribution in [-0.4, -0.2) is 23.4 Å². The van der Waals surface area contributed by atoms with Gasteiger partial charge in [-0.05, 0) is 17.8 Å². The van der Waals surface area contributed by atoms with E-state index in [1.165, 1.54) is 5.06 Å². The van der Waals surface area contributed by atoms with Crippen LogP contribution in [0.2, 0.25) is 0 Å². The molecule has 0 aromatic rings. The lowest BCUT2D eigenvalue weighted by atomic mass is 9.80. The van der Waals surface area contributed by atoms with Crippen molar-refractivity contribution in [3.8, 4) is 0 Å². The van der Waals surface area contributed by atoms with E-state index in [0.29, 0.717) is 11.3 Å². The van der Waals surface area contributed by atoms with E-state index in [-0.39, 0.29) is 0 Å². The highest BCUT2D eigenvalue weighted by atomic mass is 16.5. The number of hydrogen-bond donors (Lipinski definition) is 1. The van der Waals surface area contributed by atoms with Crippen LogP contribution in [0.3, 0.4) is 0 Å². The molecule has 2 heteroatoms. The van der Waals surface area contributed by atoms with Gasteiger partial charge in [-0.15, -0.1) is 0 Å². The van der Waals surface area contributed by atoms with Crippen molar-refractivity contribution in [3.05, 3.63) is 0 Å². The molecule has 2 nitrogen and oxygen atoms in total. The topological polar surface area (TPSA) is 23.5 Å². The van der Waals surface area contributed by atoms with E-state index in [2.05, 4.69) is 20.8 Å². The van der Waals surface area contributed by atoms with E-state index in [0.717, 1.165) is 19.5 Å². The molecule has 0 amide bonds. The molecule has 1 aliphatic rings. The second-order valence-electron chi connectivity index (χ2n) is 4.26. The standard InChI is InChI=1S/C8H17NO/c1-8(2,3)7-4-5-9(10)6-7/h7,10H,4-6H2,1-3H3/t7-/m0/s1. The summed E-state index contributed by atoms with van der Waals surface area (Å²) in [5.41, 5.74) is 0.359. The summed E-state index contributed by atoms with van der Waals surface area (Å²) in [7, 11) is 0. The maximum absolute atomic E-state index is 9.10. The van der Waals surface area contributed by atoms with Gasteiger partial charge in [0.25, 0.3) is 0 Å². The fourth-order valence-corrected chi connectivity index (χ4v) is 1.45. The minimum absolute atomic E-state index is 0.359. The molecule has 0 unspecified atom stereocenters. The Morgan fingerprint density at radius 3 is 2.20 bits per heavy atom. The quantitative estimate of drug-likeness (QED) is 0.558. The molecular weight excluding hydrogens is 126 g/mol. The summed E-state index contributed by atoms with van der Waals surface area (Å²) >= 11 is 0. The van der Waals surface area contributed by atoms with Crippen LogP contribution in [0.25, 0.3) is 0 Å². The molecule has 1 N–H and O–H groups in total. The predicted molar refractivity (Wildman–Crippen MR) is 40.9 cm³/mol. The first-order valence-electron chi connectivity index (χ1n) is 3.94. The molecule has 0 aromatic heterocycles. The molecule has 0 aliphatic carbocycles. The second-order valence-corrected chi connectivity index (χ2v) is 4.26. The smallest absolute Gasteiger partial charge is 0.0271 e. The van der Waals surface area contributed by atoms with Gasteiger partial charge >= 0.3 is 0 Å². The number of rotatable bonds is 0. The Balaban J connectivity index is 2.45. The highest BCUT2D eigenvalue weighted by Crippen LogP contribution is 2.32. The van der Waals surface area contributed by atoms with Crippen molar-refractivity contribution in [3.63, 3.8) is 0 Å². The third-order valence-corrected chi connectivity index (χ3v) is 2.39. The van der Waals surface area contributed by atoms with E-state index in [4.69, 9.17) is 5.21 Å². The molecule has 0 bridgehead atoms. The molecule has 0 spiro atoms. The van der Waals surface area contributed by atoms with Gasteiger partial charge in [0, 0.05) is 13.1 Å². The summed E-state index contributed by atoms with van der Waals surface area (Å²) in [5, 5.41) is 10.5. The van der Waals surface area contributed by atoms with E-state index in [1.54, 1.807) is 0 Å². The normalized spacial score (nSPS) is 29.4. The van der Waals surface area contributed by atoms with Crippen molar-refractivity contribution < 1.29 is 5.21 Å². The zero-order chi connectivity index (χ0) is 7.78. The third kappa shape index (κ3) is 1.70. The summed E-state index contributed by atoms with van der Waals surface area (Å²) in [6.45, 7) is 8.40. The molecule has 1 atom stereocenters. The summed E-state index contributed by atoms with van der Waals surface area (Å²) in [4.78, 5) is 0. The van der Waals surface area contributed by atoms with Crippen LogP contribution in [0.5, 0.6) is 0 Å². The molecule has 0 radical (unpaired) electrons. The second kappa shape index (κ2) is 2.51. The van der Waals surface area contributed by atoms with Crippen molar-refractivity contribution >= 4 is 0 Å². The van der Waals surface area contributed by atoms with Crippen molar-refractivity contribution in [1.82, 2.24) is 5.06 Å². The van der Waals surface area contributed by atoms with Crippen molar-refractivity contribution in [2.24, 2.45) is 11.3 Å². The predicted octanol–water partition coefficient (Wildman–Crippen LogP) is 1.74. The molecule has 1 aliphatic heterocycles. The number of nitrogens with zero attached hydrogens (tertiary/aromatic N) is 1. The minimum atomic E-state index is 0.359. The Bertz CT molecular complexity index is 117. The molecule has 10 heavy (non-hydrogen) atoms. The maximum Gasteiger partial charge on any atom is 0.0271 e. The van der Waals surface area contributed by atoms with Crippen LogP contribution in [-0.2, 0) is 0 Å². The average molecular weight is 143 g/mol. The van der Waals surface area contributed by atoms with Gasteiger partial charge in [0.2, 0.25) is 0 Å². The Morgan fingerprint density at radius 1 is 1.40 bits per heavy atom. The monoisotopic (exact) mass is 143 g/mol. The molecule has 60 valence electrons. The largest absolute Gasteiger partial charge is 0.314 e. The molecule has 1 heterocycles. The SMILES string of the molecule is CC(C)(C)[C@H]1CCN(O)C1. The van der Waals surface area contributed by atoms with Crippen molar-refractivity contribution in [1.29, 1.82) is 0 Å². The Labute approximate surface area is 62.8 Å². The zero-order valence-electron chi connectivity index (χ0n) is 7.09.